The van der Waals surface area contributed by atoms with Crippen LogP contribution in [0.25, 0.3) is 5.65 Å². The van der Waals surface area contributed by atoms with Gasteiger partial charge in [-0.05, 0) is 24.5 Å². The molecular formula is C14H21N2+. The van der Waals surface area contributed by atoms with E-state index in [-0.39, 0.29) is 0 Å². The Morgan fingerprint density at radius 1 is 1.12 bits per heavy atom. The van der Waals surface area contributed by atoms with E-state index in [9.17, 15) is 0 Å². The van der Waals surface area contributed by atoms with Crippen LogP contribution in [0.5, 0.6) is 0 Å². The number of fused-ring (bicyclic) bond motifs is 1. The molecule has 2 nitrogen and oxygen atoms in total. The fraction of sp³-hybridized carbons (Fsp3) is 0.500. The maximum absolute atomic E-state index is 2.28. The minimum atomic E-state index is 1.18. The van der Waals surface area contributed by atoms with Gasteiger partial charge in [0.05, 0.1) is 13.2 Å². The minimum Gasteiger partial charge on any atom is -0.233 e. The van der Waals surface area contributed by atoms with Crippen molar-refractivity contribution in [2.45, 2.75) is 39.5 Å². The highest BCUT2D eigenvalue weighted by atomic mass is 15.1. The molecule has 0 amide bonds. The molecule has 0 radical (unpaired) electrons. The number of nitrogens with zero attached hydrogens (tertiary/aromatic N) is 2. The Labute approximate surface area is 97.5 Å². The van der Waals surface area contributed by atoms with Gasteiger partial charge in [-0.25, -0.2) is 8.97 Å². The van der Waals surface area contributed by atoms with Gasteiger partial charge in [0.1, 0.15) is 12.4 Å². The summed E-state index contributed by atoms with van der Waals surface area (Å²) in [6.07, 6.45) is 11.2. The number of pyridine rings is 1. The molecule has 2 heterocycles. The smallest absolute Gasteiger partial charge is 0.233 e. The summed E-state index contributed by atoms with van der Waals surface area (Å²) in [5.74, 6) is 0. The highest BCUT2D eigenvalue weighted by molar-refractivity contribution is 5.48. The van der Waals surface area contributed by atoms with Gasteiger partial charge in [-0.2, -0.15) is 0 Å². The molecule has 0 fully saturated rings. The van der Waals surface area contributed by atoms with Gasteiger partial charge in [-0.1, -0.05) is 26.7 Å². The summed E-state index contributed by atoms with van der Waals surface area (Å²) in [6, 6.07) is 2.28. The molecule has 2 heteroatoms. The van der Waals surface area contributed by atoms with Crippen molar-refractivity contribution in [2.24, 2.45) is 7.05 Å². The summed E-state index contributed by atoms with van der Waals surface area (Å²) in [7, 11) is 2.13. The molecule has 0 bridgehead atoms. The number of hydrogen-bond donors (Lipinski definition) is 0. The second-order valence-electron chi connectivity index (χ2n) is 4.46. The zero-order valence-corrected chi connectivity index (χ0v) is 10.5. The molecule has 0 saturated heterocycles. The number of aryl methyl sites for hydroxylation is 3. The molecule has 2 aromatic rings. The van der Waals surface area contributed by atoms with Gasteiger partial charge in [0.25, 0.3) is 5.65 Å². The van der Waals surface area contributed by atoms with Gasteiger partial charge in [0, 0.05) is 5.56 Å². The summed E-state index contributed by atoms with van der Waals surface area (Å²) in [6.45, 7) is 4.50. The zero-order chi connectivity index (χ0) is 11.5. The van der Waals surface area contributed by atoms with E-state index in [0.717, 1.165) is 0 Å². The summed E-state index contributed by atoms with van der Waals surface area (Å²) in [5.41, 5.74) is 4.40. The van der Waals surface area contributed by atoms with Gasteiger partial charge >= 0.3 is 0 Å². The van der Waals surface area contributed by atoms with Crippen molar-refractivity contribution in [3.8, 4) is 0 Å². The van der Waals surface area contributed by atoms with Crippen molar-refractivity contribution >= 4 is 5.65 Å². The third kappa shape index (κ3) is 1.84. The number of hydrogen-bond acceptors (Lipinski definition) is 0. The summed E-state index contributed by atoms with van der Waals surface area (Å²) >= 11 is 0. The fourth-order valence-corrected chi connectivity index (χ4v) is 2.42. The Morgan fingerprint density at radius 3 is 2.56 bits per heavy atom. The molecule has 2 aromatic heterocycles. The molecule has 0 atom stereocenters. The summed E-state index contributed by atoms with van der Waals surface area (Å²) in [4.78, 5) is 0. The Bertz CT molecular complexity index is 483. The van der Waals surface area contributed by atoms with Crippen LogP contribution < -0.4 is 4.57 Å². The number of rotatable bonds is 4. The number of imidazole rings is 1. The third-order valence-corrected chi connectivity index (χ3v) is 3.14. The summed E-state index contributed by atoms with van der Waals surface area (Å²) in [5, 5.41) is 0. The SMILES string of the molecule is CCCc1ccn2cc[n+](C)c2c1CCC. The van der Waals surface area contributed by atoms with Crippen molar-refractivity contribution < 1.29 is 4.57 Å². The van der Waals surface area contributed by atoms with Crippen LogP contribution in [0.4, 0.5) is 0 Å². The van der Waals surface area contributed by atoms with Gasteiger partial charge in [-0.15, -0.1) is 0 Å². The van der Waals surface area contributed by atoms with Crippen molar-refractivity contribution in [3.05, 3.63) is 35.8 Å². The van der Waals surface area contributed by atoms with Crippen LogP contribution in [0.2, 0.25) is 0 Å². The standard InChI is InChI=1S/C14H21N2/c1-4-6-12-8-9-16-11-10-15(3)14(16)13(12)7-5-2/h8-11H,4-7H2,1-3H3/q+1. The predicted molar refractivity (Wildman–Crippen MR) is 66.6 cm³/mol. The quantitative estimate of drug-likeness (QED) is 0.696. The fourth-order valence-electron chi connectivity index (χ4n) is 2.42. The van der Waals surface area contributed by atoms with Crippen LogP contribution >= 0.6 is 0 Å². The lowest BCUT2D eigenvalue weighted by Crippen LogP contribution is -2.27. The monoisotopic (exact) mass is 217 g/mol. The van der Waals surface area contributed by atoms with Crippen LogP contribution in [0.1, 0.15) is 37.8 Å². The van der Waals surface area contributed by atoms with E-state index in [2.05, 4.69) is 54.5 Å². The lowest BCUT2D eigenvalue weighted by atomic mass is 10.0. The minimum absolute atomic E-state index is 1.18. The predicted octanol–water partition coefficient (Wildman–Crippen LogP) is 2.67. The summed E-state index contributed by atoms with van der Waals surface area (Å²) < 4.78 is 4.45. The van der Waals surface area contributed by atoms with E-state index in [1.165, 1.54) is 42.5 Å². The molecular weight excluding hydrogens is 196 g/mol. The van der Waals surface area contributed by atoms with E-state index in [1.54, 1.807) is 0 Å². The maximum atomic E-state index is 2.28. The second-order valence-corrected chi connectivity index (χ2v) is 4.46. The zero-order valence-electron chi connectivity index (χ0n) is 10.5. The van der Waals surface area contributed by atoms with Gasteiger partial charge in [-0.3, -0.25) is 0 Å². The maximum Gasteiger partial charge on any atom is 0.289 e. The molecule has 86 valence electrons. The first-order valence-corrected chi connectivity index (χ1v) is 6.25. The average molecular weight is 217 g/mol. The van der Waals surface area contributed by atoms with Crippen LogP contribution in [0.15, 0.2) is 24.7 Å². The van der Waals surface area contributed by atoms with E-state index in [1.807, 2.05) is 0 Å². The van der Waals surface area contributed by atoms with Crippen molar-refractivity contribution in [1.29, 1.82) is 0 Å². The molecule has 16 heavy (non-hydrogen) atoms. The molecule has 0 saturated carbocycles. The van der Waals surface area contributed by atoms with Crippen LogP contribution in [-0.2, 0) is 19.9 Å². The molecule has 0 aliphatic rings. The highest BCUT2D eigenvalue weighted by Crippen LogP contribution is 2.17. The molecule has 0 aromatic carbocycles. The Morgan fingerprint density at radius 2 is 1.88 bits per heavy atom. The van der Waals surface area contributed by atoms with Gasteiger partial charge in [0.2, 0.25) is 0 Å². The molecule has 0 N–H and O–H groups in total. The first kappa shape index (κ1) is 11.2. The average Bonchev–Trinajstić information content (AvgIpc) is 2.65. The first-order chi connectivity index (χ1) is 7.77. The van der Waals surface area contributed by atoms with Gasteiger partial charge < -0.3 is 0 Å². The van der Waals surface area contributed by atoms with E-state index < -0.39 is 0 Å². The van der Waals surface area contributed by atoms with Crippen LogP contribution in [-0.4, -0.2) is 4.40 Å². The molecule has 2 rings (SSSR count). The van der Waals surface area contributed by atoms with Crippen molar-refractivity contribution in [3.63, 3.8) is 0 Å². The first-order valence-electron chi connectivity index (χ1n) is 6.25. The van der Waals surface area contributed by atoms with E-state index in [0.29, 0.717) is 0 Å². The molecule has 0 unspecified atom stereocenters. The van der Waals surface area contributed by atoms with Crippen LogP contribution in [0.3, 0.4) is 0 Å². The Balaban J connectivity index is 2.62. The lowest BCUT2D eigenvalue weighted by Gasteiger charge is -2.06. The largest absolute Gasteiger partial charge is 0.289 e. The topological polar surface area (TPSA) is 8.29 Å². The van der Waals surface area contributed by atoms with E-state index in [4.69, 9.17) is 0 Å². The normalized spacial score (nSPS) is 11.2. The molecule has 0 spiro atoms. The second kappa shape index (κ2) is 4.69. The third-order valence-electron chi connectivity index (χ3n) is 3.14. The molecule has 0 aliphatic heterocycles. The van der Waals surface area contributed by atoms with Crippen molar-refractivity contribution in [1.82, 2.24) is 4.40 Å². The Hall–Kier alpha value is -1.31. The molecule has 0 aliphatic carbocycles. The Kier molecular flexibility index (Phi) is 3.28. The highest BCUT2D eigenvalue weighted by Gasteiger charge is 2.15. The van der Waals surface area contributed by atoms with Gasteiger partial charge in [0.15, 0.2) is 0 Å². The van der Waals surface area contributed by atoms with Crippen molar-refractivity contribution in [2.75, 3.05) is 0 Å². The number of aromatic nitrogens is 2. The van der Waals surface area contributed by atoms with Crippen LogP contribution in [0, 0.1) is 0 Å². The van der Waals surface area contributed by atoms with E-state index >= 15 is 0 Å². The lowest BCUT2D eigenvalue weighted by molar-refractivity contribution is -0.644.